The Bertz CT molecular complexity index is 408. The first-order chi connectivity index (χ1) is 7.40. The van der Waals surface area contributed by atoms with Crippen LogP contribution in [-0.4, -0.2) is 22.2 Å². The lowest BCUT2D eigenvalue weighted by Crippen LogP contribution is -2.16. The van der Waals surface area contributed by atoms with Gasteiger partial charge in [-0.3, -0.25) is 9.59 Å². The second kappa shape index (κ2) is 4.99. The molecule has 16 heavy (non-hydrogen) atoms. The van der Waals surface area contributed by atoms with Gasteiger partial charge in [-0.25, -0.2) is 0 Å². The summed E-state index contributed by atoms with van der Waals surface area (Å²) in [4.78, 5) is 21.5. The number of hydrogen-bond donors (Lipinski definition) is 2. The van der Waals surface area contributed by atoms with Crippen LogP contribution in [0.4, 0.5) is 0 Å². The van der Waals surface area contributed by atoms with Crippen molar-refractivity contribution in [1.29, 1.82) is 0 Å². The van der Waals surface area contributed by atoms with Gasteiger partial charge in [0.1, 0.15) is 0 Å². The van der Waals surface area contributed by atoms with E-state index in [0.717, 1.165) is 5.56 Å². The molecule has 0 aliphatic carbocycles. The minimum Gasteiger partial charge on any atom is -0.481 e. The molecule has 0 aromatic heterocycles. The smallest absolute Gasteiger partial charge is 0.311 e. The number of aliphatic carboxylic acids is 2. The topological polar surface area (TPSA) is 74.6 Å². The van der Waals surface area contributed by atoms with Crippen molar-refractivity contribution in [2.24, 2.45) is 0 Å². The van der Waals surface area contributed by atoms with E-state index in [1.807, 2.05) is 0 Å². The number of halogens is 1. The Kier molecular flexibility index (Phi) is 3.90. The molecule has 0 heterocycles. The van der Waals surface area contributed by atoms with E-state index in [9.17, 15) is 9.59 Å². The number of aryl methyl sites for hydroxylation is 1. The van der Waals surface area contributed by atoms with Crippen LogP contribution in [0.5, 0.6) is 0 Å². The lowest BCUT2D eigenvalue weighted by Gasteiger charge is -2.11. The molecule has 0 aliphatic heterocycles. The SMILES string of the molecule is Cc1cc(Cl)cc(C(CC(=O)O)C(=O)O)c1. The zero-order valence-electron chi connectivity index (χ0n) is 8.61. The molecular formula is C11H11ClO4. The van der Waals surface area contributed by atoms with Gasteiger partial charge in [-0.05, 0) is 30.2 Å². The minimum atomic E-state index is -1.16. The second-order valence-electron chi connectivity index (χ2n) is 3.55. The van der Waals surface area contributed by atoms with E-state index in [4.69, 9.17) is 21.8 Å². The van der Waals surface area contributed by atoms with Gasteiger partial charge in [0.15, 0.2) is 0 Å². The van der Waals surface area contributed by atoms with Crippen LogP contribution in [0.3, 0.4) is 0 Å². The fraction of sp³-hybridized carbons (Fsp3) is 0.273. The highest BCUT2D eigenvalue weighted by atomic mass is 35.5. The molecule has 1 unspecified atom stereocenters. The minimum absolute atomic E-state index is 0.409. The molecule has 0 bridgehead atoms. The maximum absolute atomic E-state index is 11.0. The van der Waals surface area contributed by atoms with Gasteiger partial charge in [-0.1, -0.05) is 17.7 Å². The standard InChI is InChI=1S/C11H11ClO4/c1-6-2-7(4-8(12)3-6)9(11(15)16)5-10(13)14/h2-4,9H,5H2,1H3,(H,13,14)(H,15,16). The molecule has 1 atom stereocenters. The molecule has 0 fully saturated rings. The molecule has 5 heteroatoms. The van der Waals surface area contributed by atoms with Gasteiger partial charge in [0.25, 0.3) is 0 Å². The maximum atomic E-state index is 11.0. The van der Waals surface area contributed by atoms with Gasteiger partial charge in [0.05, 0.1) is 12.3 Å². The Morgan fingerprint density at radius 1 is 1.31 bits per heavy atom. The fourth-order valence-electron chi connectivity index (χ4n) is 1.49. The summed E-state index contributed by atoms with van der Waals surface area (Å²) in [5, 5.41) is 18.0. The van der Waals surface area contributed by atoms with Crippen LogP contribution in [0, 0.1) is 6.92 Å². The first-order valence-corrected chi connectivity index (χ1v) is 4.99. The molecule has 0 spiro atoms. The third-order valence-electron chi connectivity index (χ3n) is 2.14. The quantitative estimate of drug-likeness (QED) is 0.850. The third kappa shape index (κ3) is 3.24. The average molecular weight is 243 g/mol. The van der Waals surface area contributed by atoms with Crippen molar-refractivity contribution in [3.8, 4) is 0 Å². The van der Waals surface area contributed by atoms with E-state index >= 15 is 0 Å². The first-order valence-electron chi connectivity index (χ1n) is 4.62. The highest BCUT2D eigenvalue weighted by Crippen LogP contribution is 2.24. The zero-order valence-corrected chi connectivity index (χ0v) is 9.36. The van der Waals surface area contributed by atoms with Gasteiger partial charge in [-0.15, -0.1) is 0 Å². The highest BCUT2D eigenvalue weighted by Gasteiger charge is 2.23. The molecule has 0 radical (unpaired) electrons. The summed E-state index contributed by atoms with van der Waals surface area (Å²) < 4.78 is 0. The normalized spacial score (nSPS) is 12.1. The Hall–Kier alpha value is -1.55. The predicted octanol–water partition coefficient (Wildman–Crippen LogP) is 2.29. The van der Waals surface area contributed by atoms with Crippen molar-refractivity contribution in [3.05, 3.63) is 34.3 Å². The summed E-state index contributed by atoms with van der Waals surface area (Å²) in [5.41, 5.74) is 1.22. The van der Waals surface area contributed by atoms with E-state index in [2.05, 4.69) is 0 Å². The molecule has 2 N–H and O–H groups in total. The van der Waals surface area contributed by atoms with Gasteiger partial charge in [0, 0.05) is 5.02 Å². The number of rotatable bonds is 4. The predicted molar refractivity (Wildman–Crippen MR) is 58.8 cm³/mol. The number of hydrogen-bond acceptors (Lipinski definition) is 2. The van der Waals surface area contributed by atoms with E-state index in [-0.39, 0.29) is 0 Å². The number of carbonyl (C=O) groups is 2. The van der Waals surface area contributed by atoms with Crippen LogP contribution in [0.2, 0.25) is 5.02 Å². The molecule has 0 amide bonds. The van der Waals surface area contributed by atoms with Crippen molar-refractivity contribution in [2.45, 2.75) is 19.3 Å². The molecule has 1 aromatic rings. The van der Waals surface area contributed by atoms with Crippen molar-refractivity contribution in [3.63, 3.8) is 0 Å². The largest absolute Gasteiger partial charge is 0.481 e. The number of benzene rings is 1. The molecule has 1 aromatic carbocycles. The fourth-order valence-corrected chi connectivity index (χ4v) is 1.79. The summed E-state index contributed by atoms with van der Waals surface area (Å²) >= 11 is 5.80. The zero-order chi connectivity index (χ0) is 12.3. The lowest BCUT2D eigenvalue weighted by molar-refractivity contribution is -0.145. The summed E-state index contributed by atoms with van der Waals surface area (Å²) in [6, 6.07) is 4.80. The number of carboxylic acid groups (broad SMARTS) is 2. The molecule has 4 nitrogen and oxygen atoms in total. The Morgan fingerprint density at radius 2 is 1.94 bits per heavy atom. The molecular weight excluding hydrogens is 232 g/mol. The van der Waals surface area contributed by atoms with E-state index in [1.54, 1.807) is 19.1 Å². The Labute approximate surface area is 97.5 Å². The second-order valence-corrected chi connectivity index (χ2v) is 3.99. The van der Waals surface area contributed by atoms with Crippen LogP contribution in [0.15, 0.2) is 18.2 Å². The highest BCUT2D eigenvalue weighted by molar-refractivity contribution is 6.30. The Morgan fingerprint density at radius 3 is 2.38 bits per heavy atom. The maximum Gasteiger partial charge on any atom is 0.311 e. The molecule has 0 aliphatic rings. The van der Waals surface area contributed by atoms with Crippen LogP contribution in [0.25, 0.3) is 0 Å². The first kappa shape index (κ1) is 12.5. The van der Waals surface area contributed by atoms with Gasteiger partial charge in [0.2, 0.25) is 0 Å². The average Bonchev–Trinajstić information content (AvgIpc) is 2.11. The summed E-state index contributed by atoms with van der Waals surface area (Å²) in [6.45, 7) is 1.77. The monoisotopic (exact) mass is 242 g/mol. The van der Waals surface area contributed by atoms with Gasteiger partial charge < -0.3 is 10.2 Å². The lowest BCUT2D eigenvalue weighted by atomic mass is 9.94. The van der Waals surface area contributed by atoms with Crippen molar-refractivity contribution >= 4 is 23.5 Å². The van der Waals surface area contributed by atoms with Crippen molar-refractivity contribution < 1.29 is 19.8 Å². The van der Waals surface area contributed by atoms with Crippen LogP contribution < -0.4 is 0 Å². The molecule has 0 saturated heterocycles. The third-order valence-corrected chi connectivity index (χ3v) is 2.36. The van der Waals surface area contributed by atoms with Gasteiger partial charge >= 0.3 is 11.9 Å². The van der Waals surface area contributed by atoms with E-state index in [1.165, 1.54) is 6.07 Å². The van der Waals surface area contributed by atoms with Crippen molar-refractivity contribution in [2.75, 3.05) is 0 Å². The summed E-state index contributed by atoms with van der Waals surface area (Å²) in [6.07, 6.45) is -0.449. The molecule has 1 rings (SSSR count). The summed E-state index contributed by atoms with van der Waals surface area (Å²) in [5.74, 6) is -3.37. The molecule has 0 saturated carbocycles. The number of carboxylic acids is 2. The van der Waals surface area contributed by atoms with Crippen LogP contribution in [0.1, 0.15) is 23.5 Å². The Balaban J connectivity index is 3.10. The van der Waals surface area contributed by atoms with Crippen LogP contribution >= 0.6 is 11.6 Å². The van der Waals surface area contributed by atoms with Crippen molar-refractivity contribution in [1.82, 2.24) is 0 Å². The van der Waals surface area contributed by atoms with E-state index < -0.39 is 24.3 Å². The van der Waals surface area contributed by atoms with E-state index in [0.29, 0.717) is 10.6 Å². The molecule has 86 valence electrons. The summed E-state index contributed by atoms with van der Waals surface area (Å²) in [7, 11) is 0. The van der Waals surface area contributed by atoms with Crippen LogP contribution in [-0.2, 0) is 9.59 Å². The van der Waals surface area contributed by atoms with Gasteiger partial charge in [-0.2, -0.15) is 0 Å².